The summed E-state index contributed by atoms with van der Waals surface area (Å²) in [6.45, 7) is 6.39. The number of hydrogen-bond donors (Lipinski definition) is 1. The maximum absolute atomic E-state index is 12.3. The Kier molecular flexibility index (Phi) is 6.28. The van der Waals surface area contributed by atoms with Gasteiger partial charge in [0.05, 0.1) is 12.6 Å². The van der Waals surface area contributed by atoms with Crippen molar-refractivity contribution in [2.75, 3.05) is 52.4 Å². The Balaban J connectivity index is 1.56. The number of hydrogen-bond acceptors (Lipinski definition) is 4. The molecule has 2 unspecified atom stereocenters. The summed E-state index contributed by atoms with van der Waals surface area (Å²) in [5, 5.41) is 3.46. The molecule has 2 saturated heterocycles. The molecule has 0 saturated carbocycles. The van der Waals surface area contributed by atoms with Crippen molar-refractivity contribution in [3.8, 4) is 0 Å². The van der Waals surface area contributed by atoms with Crippen molar-refractivity contribution in [1.29, 1.82) is 0 Å². The Morgan fingerprint density at radius 1 is 1.19 bits per heavy atom. The third-order valence-electron chi connectivity index (χ3n) is 4.28. The zero-order chi connectivity index (χ0) is 15.3. The lowest BCUT2D eigenvalue weighted by atomic mass is 10.1. The van der Waals surface area contributed by atoms with Crippen LogP contribution in [0.25, 0.3) is 0 Å². The number of ether oxygens (including phenoxy) is 1. The average Bonchev–Trinajstić information content (AvgIpc) is 2.93. The first kappa shape index (κ1) is 17.0. The molecule has 124 valence electrons. The molecule has 2 atom stereocenters. The van der Waals surface area contributed by atoms with Crippen molar-refractivity contribution in [2.24, 2.45) is 0 Å². The lowest BCUT2D eigenvalue weighted by molar-refractivity contribution is -0.149. The van der Waals surface area contributed by atoms with Crippen LogP contribution in [0.2, 0.25) is 0 Å². The summed E-state index contributed by atoms with van der Waals surface area (Å²) in [7, 11) is 0. The van der Waals surface area contributed by atoms with E-state index in [1.165, 1.54) is 4.90 Å². The van der Waals surface area contributed by atoms with E-state index in [2.05, 4.69) is 17.1 Å². The summed E-state index contributed by atoms with van der Waals surface area (Å²) in [5.41, 5.74) is 0. The van der Waals surface area contributed by atoms with Gasteiger partial charge in [0.15, 0.2) is 0 Å². The number of nitrogens with one attached hydrogen (secondary N) is 1. The topological polar surface area (TPSA) is 27.7 Å². The molecular weight excluding hydrogens is 283 g/mol. The number of halogens is 3. The van der Waals surface area contributed by atoms with E-state index in [0.717, 1.165) is 32.5 Å². The third kappa shape index (κ3) is 6.10. The van der Waals surface area contributed by atoms with Crippen molar-refractivity contribution in [2.45, 2.75) is 38.1 Å². The highest BCUT2D eigenvalue weighted by Gasteiger charge is 2.32. The van der Waals surface area contributed by atoms with Crippen LogP contribution in [-0.2, 0) is 4.74 Å². The molecule has 7 heteroatoms. The molecule has 2 fully saturated rings. The van der Waals surface area contributed by atoms with E-state index in [9.17, 15) is 13.2 Å². The van der Waals surface area contributed by atoms with Crippen molar-refractivity contribution in [3.05, 3.63) is 0 Å². The quantitative estimate of drug-likeness (QED) is 0.801. The highest BCUT2D eigenvalue weighted by molar-refractivity contribution is 4.78. The number of nitrogens with zero attached hydrogens (tertiary/aromatic N) is 2. The molecule has 2 heterocycles. The molecule has 0 radical (unpaired) electrons. The van der Waals surface area contributed by atoms with Crippen LogP contribution in [0.15, 0.2) is 0 Å². The third-order valence-corrected chi connectivity index (χ3v) is 4.28. The van der Waals surface area contributed by atoms with Crippen LogP contribution in [-0.4, -0.2) is 80.5 Å². The standard InChI is InChI=1S/C14H26F3N3O/c1-12(13-3-2-10-21-13)18-4-5-19-6-8-20(9-7-19)11-14(15,16)17/h12-13,18H,2-11H2,1H3. The second kappa shape index (κ2) is 7.76. The molecule has 2 aliphatic heterocycles. The Bertz CT molecular complexity index is 300. The van der Waals surface area contributed by atoms with Gasteiger partial charge in [0, 0.05) is 51.9 Å². The zero-order valence-corrected chi connectivity index (χ0v) is 12.7. The first-order valence-electron chi connectivity index (χ1n) is 7.80. The van der Waals surface area contributed by atoms with Gasteiger partial charge in [-0.2, -0.15) is 13.2 Å². The largest absolute Gasteiger partial charge is 0.401 e. The van der Waals surface area contributed by atoms with Gasteiger partial charge in [-0.05, 0) is 19.8 Å². The molecule has 0 bridgehead atoms. The summed E-state index contributed by atoms with van der Waals surface area (Å²) in [6.07, 6.45) is -1.52. The van der Waals surface area contributed by atoms with Crippen molar-refractivity contribution in [3.63, 3.8) is 0 Å². The summed E-state index contributed by atoms with van der Waals surface area (Å²) < 4.78 is 42.5. The van der Waals surface area contributed by atoms with E-state index in [1.54, 1.807) is 0 Å². The summed E-state index contributed by atoms with van der Waals surface area (Å²) in [6, 6.07) is 0.346. The molecule has 2 aliphatic rings. The van der Waals surface area contributed by atoms with Gasteiger partial charge in [-0.1, -0.05) is 0 Å². The van der Waals surface area contributed by atoms with Gasteiger partial charge < -0.3 is 10.1 Å². The first-order valence-corrected chi connectivity index (χ1v) is 7.80. The SMILES string of the molecule is CC(NCCN1CCN(CC(F)(F)F)CC1)C1CCCO1. The molecule has 0 aliphatic carbocycles. The number of piperazine rings is 1. The molecule has 1 N–H and O–H groups in total. The molecule has 0 aromatic heterocycles. The van der Waals surface area contributed by atoms with Crippen LogP contribution in [0, 0.1) is 0 Å². The van der Waals surface area contributed by atoms with Crippen LogP contribution in [0.1, 0.15) is 19.8 Å². The van der Waals surface area contributed by atoms with Crippen LogP contribution < -0.4 is 5.32 Å². The predicted octanol–water partition coefficient (Wildman–Crippen LogP) is 1.32. The Labute approximate surface area is 124 Å². The van der Waals surface area contributed by atoms with Gasteiger partial charge in [0.1, 0.15) is 0 Å². The minimum Gasteiger partial charge on any atom is -0.377 e. The smallest absolute Gasteiger partial charge is 0.377 e. The Hall–Kier alpha value is -0.370. The molecule has 0 spiro atoms. The maximum Gasteiger partial charge on any atom is 0.401 e. The van der Waals surface area contributed by atoms with Crippen molar-refractivity contribution >= 4 is 0 Å². The summed E-state index contributed by atoms with van der Waals surface area (Å²) in [4.78, 5) is 3.71. The average molecular weight is 309 g/mol. The molecule has 4 nitrogen and oxygen atoms in total. The molecule has 21 heavy (non-hydrogen) atoms. The van der Waals surface area contributed by atoms with E-state index < -0.39 is 12.7 Å². The second-order valence-electron chi connectivity index (χ2n) is 6.03. The van der Waals surface area contributed by atoms with Crippen LogP contribution >= 0.6 is 0 Å². The minimum atomic E-state index is -4.08. The van der Waals surface area contributed by atoms with Crippen LogP contribution in [0.5, 0.6) is 0 Å². The van der Waals surface area contributed by atoms with Crippen molar-refractivity contribution < 1.29 is 17.9 Å². The zero-order valence-electron chi connectivity index (χ0n) is 12.7. The van der Waals surface area contributed by atoms with Gasteiger partial charge in [-0.15, -0.1) is 0 Å². The van der Waals surface area contributed by atoms with E-state index >= 15 is 0 Å². The van der Waals surface area contributed by atoms with Gasteiger partial charge in [0.2, 0.25) is 0 Å². The Morgan fingerprint density at radius 2 is 1.86 bits per heavy atom. The van der Waals surface area contributed by atoms with Crippen LogP contribution in [0.4, 0.5) is 13.2 Å². The molecule has 2 rings (SSSR count). The van der Waals surface area contributed by atoms with E-state index in [1.807, 2.05) is 0 Å². The Morgan fingerprint density at radius 3 is 2.43 bits per heavy atom. The normalized spacial score (nSPS) is 27.1. The first-order chi connectivity index (χ1) is 9.94. The van der Waals surface area contributed by atoms with Gasteiger partial charge in [-0.3, -0.25) is 9.80 Å². The van der Waals surface area contributed by atoms with E-state index in [4.69, 9.17) is 4.74 Å². The summed E-state index contributed by atoms with van der Waals surface area (Å²) in [5.74, 6) is 0. The molecule has 0 amide bonds. The van der Waals surface area contributed by atoms with Gasteiger partial charge in [-0.25, -0.2) is 0 Å². The summed E-state index contributed by atoms with van der Waals surface area (Å²) >= 11 is 0. The fraction of sp³-hybridized carbons (Fsp3) is 1.00. The predicted molar refractivity (Wildman–Crippen MR) is 75.4 cm³/mol. The molecule has 0 aromatic carbocycles. The van der Waals surface area contributed by atoms with Gasteiger partial charge in [0.25, 0.3) is 0 Å². The maximum atomic E-state index is 12.3. The highest BCUT2D eigenvalue weighted by atomic mass is 19.4. The van der Waals surface area contributed by atoms with E-state index in [-0.39, 0.29) is 0 Å². The van der Waals surface area contributed by atoms with Crippen LogP contribution in [0.3, 0.4) is 0 Å². The highest BCUT2D eigenvalue weighted by Crippen LogP contribution is 2.17. The number of rotatable bonds is 6. The second-order valence-corrected chi connectivity index (χ2v) is 6.03. The fourth-order valence-corrected chi connectivity index (χ4v) is 3.00. The fourth-order valence-electron chi connectivity index (χ4n) is 3.00. The molecular formula is C14H26F3N3O. The molecule has 0 aromatic rings. The van der Waals surface area contributed by atoms with Gasteiger partial charge >= 0.3 is 6.18 Å². The lowest BCUT2D eigenvalue weighted by Crippen LogP contribution is -2.51. The number of alkyl halides is 3. The minimum absolute atomic E-state index is 0.314. The monoisotopic (exact) mass is 309 g/mol. The lowest BCUT2D eigenvalue weighted by Gasteiger charge is -2.35. The van der Waals surface area contributed by atoms with E-state index in [0.29, 0.717) is 38.3 Å². The van der Waals surface area contributed by atoms with Crippen molar-refractivity contribution in [1.82, 2.24) is 15.1 Å².